The molecule has 0 aliphatic carbocycles. The molecule has 0 heteroatoms. The highest BCUT2D eigenvalue weighted by atomic mass is 14.1. The van der Waals surface area contributed by atoms with Gasteiger partial charge in [0.1, 0.15) is 0 Å². The van der Waals surface area contributed by atoms with Gasteiger partial charge in [0, 0.05) is 0 Å². The molecule has 0 fully saturated rings. The molecule has 0 radical (unpaired) electrons. The molecule has 0 aliphatic heterocycles. The fourth-order valence-corrected chi connectivity index (χ4v) is 1.57. The molecule has 0 spiro atoms. The molecule has 1 aromatic rings. The fourth-order valence-electron chi connectivity index (χ4n) is 1.57. The Bertz CT molecular complexity index is 324. The average Bonchev–Trinajstić information content (AvgIpc) is 2.04. The number of hydrogen-bond acceptors (Lipinski definition) is 0. The molecule has 0 unspecified atom stereocenters. The van der Waals surface area contributed by atoms with E-state index in [1.807, 2.05) is 6.07 Å². The number of rotatable bonds is 2. The smallest absolute Gasteiger partial charge is 0.0174 e. The molecule has 0 amide bonds. The van der Waals surface area contributed by atoms with Gasteiger partial charge in [0.25, 0.3) is 0 Å². The van der Waals surface area contributed by atoms with Crippen molar-refractivity contribution < 1.29 is 0 Å². The highest BCUT2D eigenvalue weighted by Crippen LogP contribution is 2.24. The number of hydrogen-bond donors (Lipinski definition) is 0. The van der Waals surface area contributed by atoms with Crippen LogP contribution >= 0.6 is 0 Å². The summed E-state index contributed by atoms with van der Waals surface area (Å²) >= 11 is 0. The number of benzene rings is 1. The lowest BCUT2D eigenvalue weighted by Crippen LogP contribution is -1.87. The van der Waals surface area contributed by atoms with Crippen LogP contribution < -0.4 is 0 Å². The van der Waals surface area contributed by atoms with E-state index in [1.54, 1.807) is 0 Å². The maximum absolute atomic E-state index is 4.00. The molecule has 1 rings (SSSR count). The summed E-state index contributed by atoms with van der Waals surface area (Å²) in [6, 6.07) is 10.4. The Morgan fingerprint density at radius 1 is 1.00 bits per heavy atom. The van der Waals surface area contributed by atoms with Gasteiger partial charge in [-0.2, -0.15) is 0 Å². The van der Waals surface area contributed by atoms with Crippen molar-refractivity contribution in [1.29, 1.82) is 0 Å². The van der Waals surface area contributed by atoms with Gasteiger partial charge in [0.15, 0.2) is 0 Å². The summed E-state index contributed by atoms with van der Waals surface area (Å²) in [5.74, 6) is 0. The molecular weight excluding hydrogens is 156 g/mol. The zero-order valence-corrected chi connectivity index (χ0v) is 8.59. The lowest BCUT2D eigenvalue weighted by molar-refractivity contribution is 1.36. The van der Waals surface area contributed by atoms with Crippen molar-refractivity contribution in [3.8, 4) is 0 Å². The van der Waals surface area contributed by atoms with E-state index < -0.39 is 0 Å². The summed E-state index contributed by atoms with van der Waals surface area (Å²) in [5.41, 5.74) is 4.99. The topological polar surface area (TPSA) is 0 Å². The van der Waals surface area contributed by atoms with Gasteiger partial charge in [-0.05, 0) is 31.9 Å². The van der Waals surface area contributed by atoms with Gasteiger partial charge in [-0.15, -0.1) is 0 Å². The SMILES string of the molecule is C=C(C)C(=C(C)C)c1ccccc1. The summed E-state index contributed by atoms with van der Waals surface area (Å²) in [6.45, 7) is 10.3. The lowest BCUT2D eigenvalue weighted by atomic mass is 9.96. The first kappa shape index (κ1) is 9.79. The van der Waals surface area contributed by atoms with Crippen LogP contribution in [0.5, 0.6) is 0 Å². The average molecular weight is 172 g/mol. The van der Waals surface area contributed by atoms with Crippen LogP contribution in [0.4, 0.5) is 0 Å². The van der Waals surface area contributed by atoms with Crippen molar-refractivity contribution in [3.05, 3.63) is 53.6 Å². The van der Waals surface area contributed by atoms with Gasteiger partial charge >= 0.3 is 0 Å². The van der Waals surface area contributed by atoms with Gasteiger partial charge in [-0.25, -0.2) is 0 Å². The van der Waals surface area contributed by atoms with Crippen LogP contribution in [0.15, 0.2) is 48.1 Å². The van der Waals surface area contributed by atoms with Gasteiger partial charge in [-0.1, -0.05) is 48.1 Å². The fraction of sp³-hybridized carbons (Fsp3) is 0.231. The second-order valence-corrected chi connectivity index (χ2v) is 3.52. The molecule has 0 N–H and O–H groups in total. The van der Waals surface area contributed by atoms with E-state index in [0.29, 0.717) is 0 Å². The largest absolute Gasteiger partial charge is 0.0955 e. The molecule has 0 bridgehead atoms. The summed E-state index contributed by atoms with van der Waals surface area (Å²) < 4.78 is 0. The molecule has 0 saturated carbocycles. The summed E-state index contributed by atoms with van der Waals surface area (Å²) in [5, 5.41) is 0. The quantitative estimate of drug-likeness (QED) is 0.590. The third-order valence-electron chi connectivity index (χ3n) is 1.99. The number of allylic oxidation sites excluding steroid dienone is 3. The molecule has 0 heterocycles. The minimum atomic E-state index is 1.13. The third-order valence-corrected chi connectivity index (χ3v) is 1.99. The Hall–Kier alpha value is -1.30. The van der Waals surface area contributed by atoms with Gasteiger partial charge in [-0.3, -0.25) is 0 Å². The van der Waals surface area contributed by atoms with Crippen LogP contribution in [0.1, 0.15) is 26.3 Å². The van der Waals surface area contributed by atoms with Crippen molar-refractivity contribution >= 4 is 5.57 Å². The van der Waals surface area contributed by atoms with Crippen molar-refractivity contribution in [3.63, 3.8) is 0 Å². The minimum absolute atomic E-state index is 1.13. The molecular formula is C13H16. The Labute approximate surface area is 80.6 Å². The Kier molecular flexibility index (Phi) is 3.07. The van der Waals surface area contributed by atoms with Gasteiger partial charge in [0.05, 0.1) is 0 Å². The summed E-state index contributed by atoms with van der Waals surface area (Å²) in [7, 11) is 0. The van der Waals surface area contributed by atoms with E-state index in [-0.39, 0.29) is 0 Å². The second kappa shape index (κ2) is 4.08. The standard InChI is InChI=1S/C13H16/c1-10(2)13(11(3)4)12-8-6-5-7-9-12/h5-9H,1H2,2-4H3. The zero-order valence-electron chi connectivity index (χ0n) is 8.59. The predicted molar refractivity (Wildman–Crippen MR) is 59.5 cm³/mol. The summed E-state index contributed by atoms with van der Waals surface area (Å²) in [4.78, 5) is 0. The second-order valence-electron chi connectivity index (χ2n) is 3.52. The van der Waals surface area contributed by atoms with Crippen molar-refractivity contribution in [2.24, 2.45) is 0 Å². The normalized spacial score (nSPS) is 9.46. The Morgan fingerprint density at radius 3 is 1.92 bits per heavy atom. The van der Waals surface area contributed by atoms with Gasteiger partial charge in [0.2, 0.25) is 0 Å². The molecule has 0 aliphatic rings. The highest BCUT2D eigenvalue weighted by Gasteiger charge is 2.02. The molecule has 0 aromatic heterocycles. The molecule has 13 heavy (non-hydrogen) atoms. The third kappa shape index (κ3) is 2.32. The highest BCUT2D eigenvalue weighted by molar-refractivity contribution is 5.79. The monoisotopic (exact) mass is 172 g/mol. The minimum Gasteiger partial charge on any atom is -0.0955 e. The van der Waals surface area contributed by atoms with E-state index in [9.17, 15) is 0 Å². The first-order valence-electron chi connectivity index (χ1n) is 4.51. The Morgan fingerprint density at radius 2 is 1.54 bits per heavy atom. The van der Waals surface area contributed by atoms with E-state index in [1.165, 1.54) is 16.7 Å². The van der Waals surface area contributed by atoms with E-state index >= 15 is 0 Å². The maximum Gasteiger partial charge on any atom is -0.0174 e. The van der Waals surface area contributed by atoms with Crippen LogP contribution in [-0.4, -0.2) is 0 Å². The predicted octanol–water partition coefficient (Wildman–Crippen LogP) is 4.06. The van der Waals surface area contributed by atoms with E-state index in [2.05, 4.69) is 51.6 Å². The van der Waals surface area contributed by atoms with Crippen molar-refractivity contribution in [2.45, 2.75) is 20.8 Å². The van der Waals surface area contributed by atoms with Crippen molar-refractivity contribution in [1.82, 2.24) is 0 Å². The molecule has 1 aromatic carbocycles. The first-order valence-corrected chi connectivity index (χ1v) is 4.51. The van der Waals surface area contributed by atoms with E-state index in [4.69, 9.17) is 0 Å². The van der Waals surface area contributed by atoms with Crippen LogP contribution in [-0.2, 0) is 0 Å². The molecule has 0 nitrogen and oxygen atoms in total. The van der Waals surface area contributed by atoms with Crippen molar-refractivity contribution in [2.75, 3.05) is 0 Å². The first-order chi connectivity index (χ1) is 6.13. The van der Waals surface area contributed by atoms with E-state index in [0.717, 1.165) is 5.57 Å². The lowest BCUT2D eigenvalue weighted by Gasteiger charge is -2.09. The molecule has 68 valence electrons. The van der Waals surface area contributed by atoms with Gasteiger partial charge < -0.3 is 0 Å². The Balaban J connectivity index is 3.20. The van der Waals surface area contributed by atoms with Crippen LogP contribution in [0.3, 0.4) is 0 Å². The van der Waals surface area contributed by atoms with Crippen LogP contribution in [0.25, 0.3) is 5.57 Å². The van der Waals surface area contributed by atoms with Crippen LogP contribution in [0.2, 0.25) is 0 Å². The molecule has 0 atom stereocenters. The molecule has 0 saturated heterocycles. The maximum atomic E-state index is 4.00. The van der Waals surface area contributed by atoms with Crippen LogP contribution in [0, 0.1) is 0 Å². The summed E-state index contributed by atoms with van der Waals surface area (Å²) in [6.07, 6.45) is 0. The zero-order chi connectivity index (χ0) is 9.84.